The number of ether oxygens (including phenoxy) is 1. The molecule has 0 aliphatic carbocycles. The van der Waals surface area contributed by atoms with Crippen LogP contribution in [-0.2, 0) is 0 Å². The molecule has 1 aliphatic heterocycles. The summed E-state index contributed by atoms with van der Waals surface area (Å²) in [6.45, 7) is 2.21. The Morgan fingerprint density at radius 1 is 1.38 bits per heavy atom. The number of hydrogen-bond acceptors (Lipinski definition) is 2. The molecule has 2 nitrogen and oxygen atoms in total. The molecule has 0 bridgehead atoms. The summed E-state index contributed by atoms with van der Waals surface area (Å²) in [7, 11) is 1.70. The predicted octanol–water partition coefficient (Wildman–Crippen LogP) is 3.07. The Kier molecular flexibility index (Phi) is 4.08. The fourth-order valence-corrected chi connectivity index (χ4v) is 2.53. The second-order valence-electron chi connectivity index (χ2n) is 4.31. The van der Waals surface area contributed by atoms with Crippen molar-refractivity contribution in [3.63, 3.8) is 0 Å². The van der Waals surface area contributed by atoms with Crippen LogP contribution in [0.2, 0.25) is 0 Å². The average molecular weight is 240 g/mol. The molecule has 1 unspecified atom stereocenters. The smallest absolute Gasteiger partial charge is 0.118 e. The fraction of sp³-hybridized carbons (Fsp3) is 0.538. The van der Waals surface area contributed by atoms with E-state index in [4.69, 9.17) is 16.3 Å². The normalized spacial score (nSPS) is 22.0. The van der Waals surface area contributed by atoms with Gasteiger partial charge in [-0.25, -0.2) is 0 Å². The lowest BCUT2D eigenvalue weighted by atomic mass is 9.91. The Hall–Kier alpha value is -0.730. The molecule has 2 rings (SSSR count). The van der Waals surface area contributed by atoms with Crippen LogP contribution in [0.3, 0.4) is 0 Å². The van der Waals surface area contributed by atoms with Crippen molar-refractivity contribution in [1.29, 1.82) is 0 Å². The molecule has 16 heavy (non-hydrogen) atoms. The lowest BCUT2D eigenvalue weighted by Gasteiger charge is -2.31. The minimum Gasteiger partial charge on any atom is -0.497 e. The third-order valence-electron chi connectivity index (χ3n) is 3.26. The van der Waals surface area contributed by atoms with Gasteiger partial charge in [0.05, 0.1) is 13.1 Å². The number of nitrogens with zero attached hydrogens (tertiary/aromatic N) is 1. The number of alkyl halides is 1. The summed E-state index contributed by atoms with van der Waals surface area (Å²) in [4.78, 5) is 2.31. The first kappa shape index (κ1) is 11.7. The molecule has 1 aromatic rings. The molecule has 1 fully saturated rings. The molecule has 0 aromatic heterocycles. The van der Waals surface area contributed by atoms with E-state index >= 15 is 0 Å². The lowest BCUT2D eigenvalue weighted by molar-refractivity contribution is 0.239. The van der Waals surface area contributed by atoms with Crippen LogP contribution >= 0.6 is 11.6 Å². The molecular formula is C13H18ClNO. The first-order valence-electron chi connectivity index (χ1n) is 5.75. The van der Waals surface area contributed by atoms with Gasteiger partial charge in [-0.1, -0.05) is 12.1 Å². The summed E-state index contributed by atoms with van der Waals surface area (Å²) < 4.78 is 5.17. The maximum absolute atomic E-state index is 5.89. The van der Waals surface area contributed by atoms with Crippen LogP contribution in [-0.4, -0.2) is 31.1 Å². The number of methoxy groups -OCH3 is 1. The molecule has 0 N–H and O–H groups in total. The SMILES string of the molecule is COc1ccc(C2CCCN(CCl)C2)cc1. The summed E-state index contributed by atoms with van der Waals surface area (Å²) in [5.74, 6) is 1.55. The van der Waals surface area contributed by atoms with E-state index in [1.165, 1.54) is 18.4 Å². The molecule has 1 atom stereocenters. The zero-order valence-electron chi connectivity index (χ0n) is 9.66. The number of likely N-dealkylation sites (tertiary alicyclic amines) is 1. The van der Waals surface area contributed by atoms with Crippen molar-refractivity contribution >= 4 is 11.6 Å². The highest BCUT2D eigenvalue weighted by Gasteiger charge is 2.20. The minimum absolute atomic E-state index is 0.624. The van der Waals surface area contributed by atoms with Gasteiger partial charge < -0.3 is 4.74 Å². The molecule has 1 aliphatic rings. The van der Waals surface area contributed by atoms with Crippen molar-refractivity contribution in [3.8, 4) is 5.75 Å². The van der Waals surface area contributed by atoms with Crippen molar-refractivity contribution in [1.82, 2.24) is 4.90 Å². The molecule has 3 heteroatoms. The maximum Gasteiger partial charge on any atom is 0.118 e. The fourth-order valence-electron chi connectivity index (χ4n) is 2.31. The third-order valence-corrected chi connectivity index (χ3v) is 3.60. The lowest BCUT2D eigenvalue weighted by Crippen LogP contribution is -2.33. The highest BCUT2D eigenvalue weighted by atomic mass is 35.5. The Bertz CT molecular complexity index is 325. The predicted molar refractivity (Wildman–Crippen MR) is 67.3 cm³/mol. The van der Waals surface area contributed by atoms with E-state index in [0.29, 0.717) is 11.9 Å². The van der Waals surface area contributed by atoms with Gasteiger partial charge in [-0.05, 0) is 43.0 Å². The summed E-state index contributed by atoms with van der Waals surface area (Å²) in [5, 5.41) is 0. The van der Waals surface area contributed by atoms with Gasteiger partial charge in [-0.3, -0.25) is 4.90 Å². The van der Waals surface area contributed by atoms with Crippen LogP contribution in [0.1, 0.15) is 24.3 Å². The van der Waals surface area contributed by atoms with Crippen molar-refractivity contribution < 1.29 is 4.74 Å². The van der Waals surface area contributed by atoms with Crippen molar-refractivity contribution in [2.24, 2.45) is 0 Å². The third kappa shape index (κ3) is 2.69. The maximum atomic E-state index is 5.89. The van der Waals surface area contributed by atoms with E-state index < -0.39 is 0 Å². The summed E-state index contributed by atoms with van der Waals surface area (Å²) in [5.41, 5.74) is 1.40. The number of piperidine rings is 1. The quantitative estimate of drug-likeness (QED) is 0.594. The average Bonchev–Trinajstić information content (AvgIpc) is 2.39. The van der Waals surface area contributed by atoms with E-state index in [2.05, 4.69) is 17.0 Å². The van der Waals surface area contributed by atoms with Gasteiger partial charge >= 0.3 is 0 Å². The Morgan fingerprint density at radius 3 is 2.75 bits per heavy atom. The zero-order valence-corrected chi connectivity index (χ0v) is 10.4. The van der Waals surface area contributed by atoms with Crippen LogP contribution in [0.25, 0.3) is 0 Å². The van der Waals surface area contributed by atoms with Crippen LogP contribution in [0, 0.1) is 0 Å². The highest BCUT2D eigenvalue weighted by molar-refractivity contribution is 6.17. The van der Waals surface area contributed by atoms with Crippen LogP contribution in [0.15, 0.2) is 24.3 Å². The van der Waals surface area contributed by atoms with Crippen LogP contribution < -0.4 is 4.74 Å². The molecule has 1 heterocycles. The summed E-state index contributed by atoms with van der Waals surface area (Å²) in [6, 6.07) is 9.05. The van der Waals surface area contributed by atoms with Gasteiger partial charge in [0, 0.05) is 6.54 Å². The van der Waals surface area contributed by atoms with Crippen LogP contribution in [0.4, 0.5) is 0 Å². The summed E-state index contributed by atoms with van der Waals surface area (Å²) in [6.07, 6.45) is 2.50. The van der Waals surface area contributed by atoms with Crippen LogP contribution in [0.5, 0.6) is 5.75 Å². The molecule has 1 saturated heterocycles. The van der Waals surface area contributed by atoms with E-state index in [0.717, 1.165) is 18.8 Å². The monoisotopic (exact) mass is 239 g/mol. The Morgan fingerprint density at radius 2 is 2.12 bits per heavy atom. The molecular weight excluding hydrogens is 222 g/mol. The molecule has 0 saturated carbocycles. The van der Waals surface area contributed by atoms with Crippen molar-refractivity contribution in [3.05, 3.63) is 29.8 Å². The van der Waals surface area contributed by atoms with Gasteiger partial charge in [0.1, 0.15) is 5.75 Å². The second kappa shape index (κ2) is 5.55. The van der Waals surface area contributed by atoms with E-state index in [1.807, 2.05) is 12.1 Å². The number of hydrogen-bond donors (Lipinski definition) is 0. The second-order valence-corrected chi connectivity index (χ2v) is 4.55. The largest absolute Gasteiger partial charge is 0.497 e. The minimum atomic E-state index is 0.624. The van der Waals surface area contributed by atoms with Gasteiger partial charge in [-0.2, -0.15) is 0 Å². The Balaban J connectivity index is 2.05. The van der Waals surface area contributed by atoms with Gasteiger partial charge in [0.15, 0.2) is 0 Å². The summed E-state index contributed by atoms with van der Waals surface area (Å²) >= 11 is 5.89. The standard InChI is InChI=1S/C13H18ClNO/c1-16-13-6-4-11(5-7-13)12-3-2-8-15(9-12)10-14/h4-7,12H,2-3,8-10H2,1H3. The number of halogens is 1. The zero-order chi connectivity index (χ0) is 11.4. The van der Waals surface area contributed by atoms with Gasteiger partial charge in [0.2, 0.25) is 0 Å². The molecule has 0 spiro atoms. The topological polar surface area (TPSA) is 12.5 Å². The van der Waals surface area contributed by atoms with Crippen molar-refractivity contribution in [2.75, 3.05) is 26.2 Å². The van der Waals surface area contributed by atoms with E-state index in [9.17, 15) is 0 Å². The molecule has 1 aromatic carbocycles. The number of rotatable bonds is 3. The first-order valence-corrected chi connectivity index (χ1v) is 6.29. The van der Waals surface area contributed by atoms with Crippen molar-refractivity contribution in [2.45, 2.75) is 18.8 Å². The Labute approximate surface area is 102 Å². The molecule has 88 valence electrons. The molecule has 0 amide bonds. The van der Waals surface area contributed by atoms with Gasteiger partial charge in [-0.15, -0.1) is 11.6 Å². The number of benzene rings is 1. The van der Waals surface area contributed by atoms with E-state index in [-0.39, 0.29) is 0 Å². The highest BCUT2D eigenvalue weighted by Crippen LogP contribution is 2.28. The van der Waals surface area contributed by atoms with Gasteiger partial charge in [0.25, 0.3) is 0 Å². The molecule has 0 radical (unpaired) electrons. The first-order chi connectivity index (χ1) is 7.83. The van der Waals surface area contributed by atoms with E-state index in [1.54, 1.807) is 7.11 Å².